The van der Waals surface area contributed by atoms with Crippen molar-refractivity contribution in [3.05, 3.63) is 0 Å². The molecule has 1 rings (SSSR count). The van der Waals surface area contributed by atoms with E-state index in [-0.39, 0.29) is 6.04 Å². The molecule has 1 unspecified atom stereocenters. The third kappa shape index (κ3) is 3.62. The van der Waals surface area contributed by atoms with E-state index in [9.17, 15) is 0 Å². The van der Waals surface area contributed by atoms with Gasteiger partial charge in [-0.1, -0.05) is 0 Å². The maximum Gasteiger partial charge on any atom is 0.0947 e. The van der Waals surface area contributed by atoms with Crippen LogP contribution in [0.2, 0.25) is 0 Å². The van der Waals surface area contributed by atoms with E-state index in [2.05, 4.69) is 21.2 Å². The van der Waals surface area contributed by atoms with Crippen molar-refractivity contribution in [2.45, 2.75) is 13.0 Å². The first-order chi connectivity index (χ1) is 6.74. The van der Waals surface area contributed by atoms with Crippen LogP contribution in [0, 0.1) is 11.3 Å². The molecule has 0 spiro atoms. The van der Waals surface area contributed by atoms with Gasteiger partial charge in [0.05, 0.1) is 12.1 Å². The lowest BCUT2D eigenvalue weighted by atomic mass is 10.3. The van der Waals surface area contributed by atoms with E-state index in [0.717, 1.165) is 39.3 Å². The van der Waals surface area contributed by atoms with Crippen molar-refractivity contribution in [1.82, 2.24) is 15.1 Å². The second-order valence-electron chi connectivity index (χ2n) is 3.88. The lowest BCUT2D eigenvalue weighted by molar-refractivity contribution is 0.196. The minimum Gasteiger partial charge on any atom is -0.314 e. The van der Waals surface area contributed by atoms with Crippen LogP contribution in [-0.4, -0.2) is 62.2 Å². The minimum absolute atomic E-state index is 0.0258. The van der Waals surface area contributed by atoms with Gasteiger partial charge in [0.15, 0.2) is 0 Å². The lowest BCUT2D eigenvalue weighted by Crippen LogP contribution is -2.46. The molecule has 0 amide bonds. The molecule has 1 heterocycles. The van der Waals surface area contributed by atoms with Gasteiger partial charge in [-0.15, -0.1) is 0 Å². The summed E-state index contributed by atoms with van der Waals surface area (Å²) in [5, 5.41) is 12.1. The first-order valence-electron chi connectivity index (χ1n) is 5.27. The Bertz CT molecular complexity index is 193. The Kier molecular flexibility index (Phi) is 4.88. The van der Waals surface area contributed by atoms with Crippen LogP contribution in [0.3, 0.4) is 0 Å². The average molecular weight is 196 g/mol. The zero-order valence-corrected chi connectivity index (χ0v) is 9.16. The molecule has 0 aromatic carbocycles. The van der Waals surface area contributed by atoms with E-state index in [1.807, 2.05) is 14.0 Å². The van der Waals surface area contributed by atoms with Crippen LogP contribution in [0.25, 0.3) is 0 Å². The number of nitriles is 1. The van der Waals surface area contributed by atoms with Crippen molar-refractivity contribution in [2.24, 2.45) is 0 Å². The highest BCUT2D eigenvalue weighted by molar-refractivity contribution is 4.86. The van der Waals surface area contributed by atoms with Gasteiger partial charge in [-0.25, -0.2) is 0 Å². The molecule has 0 aliphatic carbocycles. The maximum absolute atomic E-state index is 8.73. The van der Waals surface area contributed by atoms with E-state index in [4.69, 9.17) is 5.26 Å². The standard InChI is InChI=1S/C10H20N4/c1-10(9-11)13(2)7-8-14-5-3-12-4-6-14/h10,12H,3-8H2,1-2H3. The van der Waals surface area contributed by atoms with Gasteiger partial charge in [0.2, 0.25) is 0 Å². The zero-order chi connectivity index (χ0) is 10.4. The normalized spacial score (nSPS) is 20.7. The van der Waals surface area contributed by atoms with E-state index in [0.29, 0.717) is 0 Å². The van der Waals surface area contributed by atoms with Crippen LogP contribution < -0.4 is 5.32 Å². The van der Waals surface area contributed by atoms with Gasteiger partial charge in [-0.05, 0) is 14.0 Å². The third-order valence-corrected chi connectivity index (χ3v) is 2.83. The van der Waals surface area contributed by atoms with Gasteiger partial charge >= 0.3 is 0 Å². The van der Waals surface area contributed by atoms with Gasteiger partial charge in [0.25, 0.3) is 0 Å². The first kappa shape index (κ1) is 11.4. The van der Waals surface area contributed by atoms with Crippen molar-refractivity contribution in [2.75, 3.05) is 46.3 Å². The van der Waals surface area contributed by atoms with Crippen molar-refractivity contribution in [1.29, 1.82) is 5.26 Å². The van der Waals surface area contributed by atoms with Crippen LogP contribution >= 0.6 is 0 Å². The summed E-state index contributed by atoms with van der Waals surface area (Å²) in [6.45, 7) is 8.45. The number of piperazine rings is 1. The molecule has 0 saturated carbocycles. The van der Waals surface area contributed by atoms with E-state index < -0.39 is 0 Å². The number of hydrogen-bond acceptors (Lipinski definition) is 4. The van der Waals surface area contributed by atoms with Crippen LogP contribution in [0.5, 0.6) is 0 Å². The fourth-order valence-corrected chi connectivity index (χ4v) is 1.53. The summed E-state index contributed by atoms with van der Waals surface area (Å²) in [4.78, 5) is 4.54. The average Bonchev–Trinajstić information content (AvgIpc) is 2.26. The summed E-state index contributed by atoms with van der Waals surface area (Å²) < 4.78 is 0. The molecule has 4 nitrogen and oxygen atoms in total. The quantitative estimate of drug-likeness (QED) is 0.672. The molecule has 1 N–H and O–H groups in total. The predicted octanol–water partition coefficient (Wildman–Crippen LogP) is -0.265. The fraction of sp³-hybridized carbons (Fsp3) is 0.900. The molecule has 1 saturated heterocycles. The van der Waals surface area contributed by atoms with Crippen LogP contribution in [-0.2, 0) is 0 Å². The summed E-state index contributed by atoms with van der Waals surface area (Å²) in [6.07, 6.45) is 0. The molecule has 4 heteroatoms. The Balaban J connectivity index is 2.16. The van der Waals surface area contributed by atoms with Gasteiger partial charge in [0, 0.05) is 39.3 Å². The highest BCUT2D eigenvalue weighted by atomic mass is 15.2. The first-order valence-corrected chi connectivity index (χ1v) is 5.27. The second kappa shape index (κ2) is 5.97. The smallest absolute Gasteiger partial charge is 0.0947 e. The summed E-state index contributed by atoms with van der Waals surface area (Å²) in [5.74, 6) is 0. The Hall–Kier alpha value is -0.630. The number of rotatable bonds is 4. The molecule has 0 bridgehead atoms. The Labute approximate surface area is 86.5 Å². The summed E-state index contributed by atoms with van der Waals surface area (Å²) in [7, 11) is 2.01. The highest BCUT2D eigenvalue weighted by Gasteiger charge is 2.12. The van der Waals surface area contributed by atoms with Gasteiger partial charge in [-0.2, -0.15) is 5.26 Å². The minimum atomic E-state index is 0.0258. The number of likely N-dealkylation sites (N-methyl/N-ethyl adjacent to an activating group) is 1. The molecule has 1 aliphatic heterocycles. The van der Waals surface area contributed by atoms with Gasteiger partial charge in [0.1, 0.15) is 0 Å². The number of nitrogens with zero attached hydrogens (tertiary/aromatic N) is 3. The Morgan fingerprint density at radius 1 is 1.50 bits per heavy atom. The molecular weight excluding hydrogens is 176 g/mol. The third-order valence-electron chi connectivity index (χ3n) is 2.83. The van der Waals surface area contributed by atoms with E-state index in [1.165, 1.54) is 0 Å². The molecule has 80 valence electrons. The molecule has 14 heavy (non-hydrogen) atoms. The fourth-order valence-electron chi connectivity index (χ4n) is 1.53. The zero-order valence-electron chi connectivity index (χ0n) is 9.16. The van der Waals surface area contributed by atoms with Crippen LogP contribution in [0.15, 0.2) is 0 Å². The van der Waals surface area contributed by atoms with Crippen molar-refractivity contribution < 1.29 is 0 Å². The topological polar surface area (TPSA) is 42.3 Å². The monoisotopic (exact) mass is 196 g/mol. The molecule has 0 aromatic heterocycles. The van der Waals surface area contributed by atoms with E-state index >= 15 is 0 Å². The van der Waals surface area contributed by atoms with Crippen LogP contribution in [0.4, 0.5) is 0 Å². The molecule has 1 atom stereocenters. The van der Waals surface area contributed by atoms with Crippen molar-refractivity contribution in [3.63, 3.8) is 0 Å². The summed E-state index contributed by atoms with van der Waals surface area (Å²) >= 11 is 0. The molecule has 0 radical (unpaired) electrons. The summed E-state index contributed by atoms with van der Waals surface area (Å²) in [6, 6.07) is 2.27. The number of hydrogen-bond donors (Lipinski definition) is 1. The molecule has 1 fully saturated rings. The molecular formula is C10H20N4. The molecule has 0 aromatic rings. The van der Waals surface area contributed by atoms with E-state index in [1.54, 1.807) is 0 Å². The second-order valence-corrected chi connectivity index (χ2v) is 3.88. The Morgan fingerprint density at radius 3 is 2.71 bits per heavy atom. The van der Waals surface area contributed by atoms with Crippen molar-refractivity contribution in [3.8, 4) is 6.07 Å². The highest BCUT2D eigenvalue weighted by Crippen LogP contribution is 1.96. The maximum atomic E-state index is 8.73. The van der Waals surface area contributed by atoms with Crippen LogP contribution in [0.1, 0.15) is 6.92 Å². The van der Waals surface area contributed by atoms with Gasteiger partial charge < -0.3 is 5.32 Å². The number of nitrogens with one attached hydrogen (secondary N) is 1. The van der Waals surface area contributed by atoms with Gasteiger partial charge in [-0.3, -0.25) is 9.80 Å². The predicted molar refractivity (Wildman–Crippen MR) is 57.0 cm³/mol. The summed E-state index contributed by atoms with van der Waals surface area (Å²) in [5.41, 5.74) is 0. The largest absolute Gasteiger partial charge is 0.314 e. The Morgan fingerprint density at radius 2 is 2.14 bits per heavy atom. The molecule has 1 aliphatic rings. The lowest BCUT2D eigenvalue weighted by Gasteiger charge is -2.29. The SMILES string of the molecule is CC(C#N)N(C)CCN1CCNCC1. The van der Waals surface area contributed by atoms with Crippen molar-refractivity contribution >= 4 is 0 Å².